The number of amides is 1. The topological polar surface area (TPSA) is 57.6 Å². The number of carboxylic acid groups (broad SMARTS) is 1. The van der Waals surface area contributed by atoms with Crippen LogP contribution in [0.25, 0.3) is 0 Å². The number of carbonyl (C=O) groups excluding carboxylic acids is 1. The van der Waals surface area contributed by atoms with Gasteiger partial charge in [-0.2, -0.15) is 0 Å². The van der Waals surface area contributed by atoms with Crippen molar-refractivity contribution in [2.75, 3.05) is 6.54 Å². The summed E-state index contributed by atoms with van der Waals surface area (Å²) in [7, 11) is 0. The molecule has 0 aromatic heterocycles. The number of unbranched alkanes of at least 4 members (excludes halogenated alkanes) is 3. The Morgan fingerprint density at radius 2 is 2.18 bits per heavy atom. The molecule has 0 aliphatic carbocycles. The number of aliphatic carboxylic acids is 1. The standard InChI is InChI=1S/C13H23NO3/c1-3-4-5-6-7-10(2)14-9-11(13(16)17)8-12(14)15/h10-11H,3-9H2,1-2H3,(H,16,17)/t10-,11+/m0/s1. The lowest BCUT2D eigenvalue weighted by atomic mass is 10.1. The van der Waals surface area contributed by atoms with E-state index in [0.29, 0.717) is 6.54 Å². The van der Waals surface area contributed by atoms with Crippen molar-refractivity contribution >= 4 is 11.9 Å². The molecule has 17 heavy (non-hydrogen) atoms. The highest BCUT2D eigenvalue weighted by Crippen LogP contribution is 2.22. The molecular formula is C13H23NO3. The molecule has 0 aromatic carbocycles. The summed E-state index contributed by atoms with van der Waals surface area (Å²) in [6.45, 7) is 4.59. The van der Waals surface area contributed by atoms with Gasteiger partial charge in [0.15, 0.2) is 0 Å². The van der Waals surface area contributed by atoms with Gasteiger partial charge in [-0.05, 0) is 13.3 Å². The van der Waals surface area contributed by atoms with Crippen LogP contribution in [0.1, 0.15) is 52.4 Å². The second-order valence-corrected chi connectivity index (χ2v) is 4.98. The van der Waals surface area contributed by atoms with Crippen LogP contribution in [0.5, 0.6) is 0 Å². The predicted molar refractivity (Wildman–Crippen MR) is 65.7 cm³/mol. The van der Waals surface area contributed by atoms with Crippen LogP contribution in [0.3, 0.4) is 0 Å². The van der Waals surface area contributed by atoms with E-state index in [1.807, 2.05) is 6.92 Å². The minimum atomic E-state index is -0.848. The van der Waals surface area contributed by atoms with Crippen molar-refractivity contribution in [1.29, 1.82) is 0 Å². The second kappa shape index (κ2) is 6.62. The maximum atomic E-state index is 11.7. The molecule has 1 heterocycles. The molecule has 0 bridgehead atoms. The lowest BCUT2D eigenvalue weighted by Crippen LogP contribution is -2.34. The number of hydrogen-bond acceptors (Lipinski definition) is 2. The van der Waals surface area contributed by atoms with Crippen LogP contribution >= 0.6 is 0 Å². The summed E-state index contributed by atoms with van der Waals surface area (Å²) < 4.78 is 0. The van der Waals surface area contributed by atoms with Crippen LogP contribution in [-0.2, 0) is 9.59 Å². The first-order valence-corrected chi connectivity index (χ1v) is 6.58. The van der Waals surface area contributed by atoms with E-state index in [4.69, 9.17) is 5.11 Å². The molecule has 0 radical (unpaired) electrons. The van der Waals surface area contributed by atoms with Crippen LogP contribution in [0.4, 0.5) is 0 Å². The highest BCUT2D eigenvalue weighted by atomic mass is 16.4. The first-order chi connectivity index (χ1) is 8.06. The van der Waals surface area contributed by atoms with Crippen molar-refractivity contribution in [3.05, 3.63) is 0 Å². The fraction of sp³-hybridized carbons (Fsp3) is 0.846. The van der Waals surface area contributed by atoms with Gasteiger partial charge in [-0.25, -0.2) is 0 Å². The SMILES string of the molecule is CCCCCC[C@H](C)N1C[C@H](C(=O)O)CC1=O. The molecule has 4 nitrogen and oxygen atoms in total. The van der Waals surface area contributed by atoms with Gasteiger partial charge in [-0.3, -0.25) is 9.59 Å². The lowest BCUT2D eigenvalue weighted by Gasteiger charge is -2.24. The minimum Gasteiger partial charge on any atom is -0.481 e. The molecule has 1 N–H and O–H groups in total. The van der Waals surface area contributed by atoms with Crippen LogP contribution < -0.4 is 0 Å². The van der Waals surface area contributed by atoms with Gasteiger partial charge in [-0.1, -0.05) is 32.6 Å². The fourth-order valence-electron chi connectivity index (χ4n) is 2.35. The summed E-state index contributed by atoms with van der Waals surface area (Å²) in [5.41, 5.74) is 0. The van der Waals surface area contributed by atoms with Gasteiger partial charge in [0.1, 0.15) is 0 Å². The van der Waals surface area contributed by atoms with Crippen LogP contribution in [0, 0.1) is 5.92 Å². The molecular weight excluding hydrogens is 218 g/mol. The predicted octanol–water partition coefficient (Wildman–Crippen LogP) is 2.28. The van der Waals surface area contributed by atoms with E-state index in [2.05, 4.69) is 6.92 Å². The lowest BCUT2D eigenvalue weighted by molar-refractivity contribution is -0.141. The quantitative estimate of drug-likeness (QED) is 0.696. The third-order valence-electron chi connectivity index (χ3n) is 3.52. The van der Waals surface area contributed by atoms with Crippen molar-refractivity contribution in [3.8, 4) is 0 Å². The van der Waals surface area contributed by atoms with Crippen molar-refractivity contribution in [2.24, 2.45) is 5.92 Å². The summed E-state index contributed by atoms with van der Waals surface area (Å²) in [5, 5.41) is 8.90. The van der Waals surface area contributed by atoms with E-state index >= 15 is 0 Å². The van der Waals surface area contributed by atoms with E-state index in [9.17, 15) is 9.59 Å². The number of carbonyl (C=O) groups is 2. The molecule has 0 aromatic rings. The average molecular weight is 241 g/mol. The Morgan fingerprint density at radius 3 is 2.71 bits per heavy atom. The molecule has 1 amide bonds. The minimum absolute atomic E-state index is 0.000363. The number of likely N-dealkylation sites (tertiary alicyclic amines) is 1. The highest BCUT2D eigenvalue weighted by molar-refractivity contribution is 5.86. The Morgan fingerprint density at radius 1 is 1.47 bits per heavy atom. The third kappa shape index (κ3) is 4.02. The average Bonchev–Trinajstić information content (AvgIpc) is 2.67. The summed E-state index contributed by atoms with van der Waals surface area (Å²) in [6, 6.07) is 0.184. The largest absolute Gasteiger partial charge is 0.481 e. The van der Waals surface area contributed by atoms with E-state index in [0.717, 1.165) is 12.8 Å². The second-order valence-electron chi connectivity index (χ2n) is 4.98. The molecule has 0 unspecified atom stereocenters. The summed E-state index contributed by atoms with van der Waals surface area (Å²) in [6.07, 6.45) is 5.92. The first-order valence-electron chi connectivity index (χ1n) is 6.58. The van der Waals surface area contributed by atoms with Gasteiger partial charge in [0.2, 0.25) is 5.91 Å². The Bertz CT molecular complexity index is 278. The molecule has 1 rings (SSSR count). The van der Waals surface area contributed by atoms with Gasteiger partial charge in [-0.15, -0.1) is 0 Å². The summed E-state index contributed by atoms with van der Waals surface area (Å²) >= 11 is 0. The monoisotopic (exact) mass is 241 g/mol. The van der Waals surface area contributed by atoms with Gasteiger partial charge >= 0.3 is 5.97 Å². The maximum absolute atomic E-state index is 11.7. The van der Waals surface area contributed by atoms with Crippen molar-refractivity contribution in [2.45, 2.75) is 58.4 Å². The molecule has 1 aliphatic heterocycles. The highest BCUT2D eigenvalue weighted by Gasteiger charge is 2.36. The molecule has 4 heteroatoms. The van der Waals surface area contributed by atoms with Gasteiger partial charge in [0.05, 0.1) is 5.92 Å². The van der Waals surface area contributed by atoms with Gasteiger partial charge in [0.25, 0.3) is 0 Å². The van der Waals surface area contributed by atoms with E-state index < -0.39 is 11.9 Å². The fourth-order valence-corrected chi connectivity index (χ4v) is 2.35. The van der Waals surface area contributed by atoms with E-state index in [-0.39, 0.29) is 18.4 Å². The Balaban J connectivity index is 2.34. The molecule has 0 spiro atoms. The molecule has 1 fully saturated rings. The number of carboxylic acids is 1. The first kappa shape index (κ1) is 14.0. The van der Waals surface area contributed by atoms with Gasteiger partial charge < -0.3 is 10.0 Å². The zero-order chi connectivity index (χ0) is 12.8. The van der Waals surface area contributed by atoms with Crippen LogP contribution in [0.2, 0.25) is 0 Å². The Hall–Kier alpha value is -1.06. The summed E-state index contributed by atoms with van der Waals surface area (Å²) in [5.74, 6) is -1.35. The Kier molecular flexibility index (Phi) is 5.45. The number of rotatable bonds is 7. The molecule has 2 atom stereocenters. The van der Waals surface area contributed by atoms with E-state index in [1.54, 1.807) is 4.90 Å². The van der Waals surface area contributed by atoms with Gasteiger partial charge in [0, 0.05) is 19.0 Å². The smallest absolute Gasteiger partial charge is 0.308 e. The normalized spacial score (nSPS) is 21.9. The zero-order valence-electron chi connectivity index (χ0n) is 10.8. The van der Waals surface area contributed by atoms with Crippen LogP contribution in [-0.4, -0.2) is 34.5 Å². The number of hydrogen-bond donors (Lipinski definition) is 1. The van der Waals surface area contributed by atoms with Crippen molar-refractivity contribution in [3.63, 3.8) is 0 Å². The molecule has 0 saturated carbocycles. The van der Waals surface area contributed by atoms with Crippen molar-refractivity contribution in [1.82, 2.24) is 4.90 Å². The molecule has 98 valence electrons. The van der Waals surface area contributed by atoms with Crippen molar-refractivity contribution < 1.29 is 14.7 Å². The van der Waals surface area contributed by atoms with E-state index in [1.165, 1.54) is 19.3 Å². The maximum Gasteiger partial charge on any atom is 0.308 e. The third-order valence-corrected chi connectivity index (χ3v) is 3.52. The van der Waals surface area contributed by atoms with Crippen LogP contribution in [0.15, 0.2) is 0 Å². The zero-order valence-corrected chi connectivity index (χ0v) is 10.8. The number of nitrogens with zero attached hydrogens (tertiary/aromatic N) is 1. The molecule has 1 aliphatic rings. The molecule has 1 saturated heterocycles. The Labute approximate surface area is 103 Å². The summed E-state index contributed by atoms with van der Waals surface area (Å²) in [4.78, 5) is 24.3.